The molecule has 1 aliphatic rings. The molecule has 0 saturated carbocycles. The second-order valence-electron chi connectivity index (χ2n) is 6.18. The van der Waals surface area contributed by atoms with Crippen LogP contribution in [0.2, 0.25) is 0 Å². The van der Waals surface area contributed by atoms with E-state index in [1.54, 1.807) is 0 Å². The van der Waals surface area contributed by atoms with E-state index in [1.807, 2.05) is 26.0 Å². The quantitative estimate of drug-likeness (QED) is 0.906. The minimum absolute atomic E-state index is 0.196. The number of rotatable bonds is 5. The molecule has 21 heavy (non-hydrogen) atoms. The molecule has 3 unspecified atom stereocenters. The molecule has 1 aromatic carbocycles. The highest BCUT2D eigenvalue weighted by Gasteiger charge is 2.29. The molecule has 2 rings (SSSR count). The maximum Gasteiger partial charge on any atom is 0.119 e. The predicted octanol–water partition coefficient (Wildman–Crippen LogP) is 2.58. The van der Waals surface area contributed by atoms with Gasteiger partial charge in [0, 0.05) is 25.2 Å². The third kappa shape index (κ3) is 4.19. The fourth-order valence-electron chi connectivity index (χ4n) is 2.87. The average Bonchev–Trinajstić information content (AvgIpc) is 2.44. The van der Waals surface area contributed by atoms with Gasteiger partial charge >= 0.3 is 0 Å². The molecule has 0 bridgehead atoms. The number of hydrogen-bond acceptors (Lipinski definition) is 4. The Bertz CT molecular complexity index is 433. The molecule has 4 nitrogen and oxygen atoms in total. The van der Waals surface area contributed by atoms with Crippen molar-refractivity contribution in [2.75, 3.05) is 19.7 Å². The predicted molar refractivity (Wildman–Crippen MR) is 85.6 cm³/mol. The molecular formula is C17H28N2O2. The van der Waals surface area contributed by atoms with Gasteiger partial charge in [-0.1, -0.05) is 12.1 Å². The first-order chi connectivity index (χ1) is 10.0. The van der Waals surface area contributed by atoms with Gasteiger partial charge in [-0.2, -0.15) is 0 Å². The summed E-state index contributed by atoms with van der Waals surface area (Å²) < 4.78 is 11.4. The van der Waals surface area contributed by atoms with E-state index < -0.39 is 0 Å². The Morgan fingerprint density at radius 3 is 2.52 bits per heavy atom. The van der Waals surface area contributed by atoms with E-state index in [9.17, 15) is 0 Å². The van der Waals surface area contributed by atoms with Crippen LogP contribution in [0.1, 0.15) is 39.3 Å². The first kappa shape index (κ1) is 16.3. The number of morpholine rings is 1. The van der Waals surface area contributed by atoms with E-state index in [2.05, 4.69) is 30.9 Å². The summed E-state index contributed by atoms with van der Waals surface area (Å²) in [4.78, 5) is 2.45. The lowest BCUT2D eigenvalue weighted by Crippen LogP contribution is -2.50. The molecule has 1 aliphatic heterocycles. The van der Waals surface area contributed by atoms with Crippen LogP contribution in [0.3, 0.4) is 0 Å². The fraction of sp³-hybridized carbons (Fsp3) is 0.647. The van der Waals surface area contributed by atoms with Crippen LogP contribution in [0.5, 0.6) is 5.75 Å². The molecule has 0 radical (unpaired) electrons. The molecule has 118 valence electrons. The maximum absolute atomic E-state index is 6.05. The van der Waals surface area contributed by atoms with E-state index in [0.29, 0.717) is 12.6 Å². The zero-order valence-corrected chi connectivity index (χ0v) is 13.6. The highest BCUT2D eigenvalue weighted by Crippen LogP contribution is 2.27. The third-order valence-corrected chi connectivity index (χ3v) is 3.92. The van der Waals surface area contributed by atoms with E-state index in [0.717, 1.165) is 18.9 Å². The Morgan fingerprint density at radius 2 is 1.95 bits per heavy atom. The van der Waals surface area contributed by atoms with E-state index in [1.165, 1.54) is 5.56 Å². The molecule has 0 amide bonds. The van der Waals surface area contributed by atoms with Crippen molar-refractivity contribution >= 4 is 0 Å². The summed E-state index contributed by atoms with van der Waals surface area (Å²) in [6.07, 6.45) is 0.458. The molecule has 1 fully saturated rings. The Labute approximate surface area is 128 Å². The van der Waals surface area contributed by atoms with Crippen molar-refractivity contribution in [3.8, 4) is 5.75 Å². The lowest BCUT2D eigenvalue weighted by Gasteiger charge is -2.41. The summed E-state index contributed by atoms with van der Waals surface area (Å²) >= 11 is 0. The Hall–Kier alpha value is -1.10. The molecule has 4 heteroatoms. The Kier molecular flexibility index (Phi) is 5.62. The second-order valence-corrected chi connectivity index (χ2v) is 6.18. The summed E-state index contributed by atoms with van der Waals surface area (Å²) in [6.45, 7) is 10.7. The molecule has 0 aromatic heterocycles. The minimum Gasteiger partial charge on any atom is -0.491 e. The lowest BCUT2D eigenvalue weighted by atomic mass is 10.0. The van der Waals surface area contributed by atoms with Gasteiger partial charge in [-0.05, 0) is 45.4 Å². The van der Waals surface area contributed by atoms with Gasteiger partial charge in [-0.3, -0.25) is 4.90 Å². The van der Waals surface area contributed by atoms with Crippen LogP contribution >= 0.6 is 0 Å². The molecular weight excluding hydrogens is 264 g/mol. The number of benzene rings is 1. The van der Waals surface area contributed by atoms with Crippen LogP contribution in [0.25, 0.3) is 0 Å². The van der Waals surface area contributed by atoms with Crippen molar-refractivity contribution in [1.29, 1.82) is 0 Å². The van der Waals surface area contributed by atoms with Gasteiger partial charge < -0.3 is 15.2 Å². The highest BCUT2D eigenvalue weighted by atomic mass is 16.5. The maximum atomic E-state index is 6.05. The van der Waals surface area contributed by atoms with E-state index in [-0.39, 0.29) is 18.2 Å². The van der Waals surface area contributed by atoms with Crippen LogP contribution in [-0.4, -0.2) is 42.8 Å². The van der Waals surface area contributed by atoms with Crippen LogP contribution in [0.15, 0.2) is 24.3 Å². The largest absolute Gasteiger partial charge is 0.491 e. The van der Waals surface area contributed by atoms with Crippen molar-refractivity contribution < 1.29 is 9.47 Å². The summed E-state index contributed by atoms with van der Waals surface area (Å²) in [5, 5.41) is 0. The minimum atomic E-state index is 0.196. The fourth-order valence-corrected chi connectivity index (χ4v) is 2.87. The normalized spacial score (nSPS) is 25.0. The summed E-state index contributed by atoms with van der Waals surface area (Å²) in [6, 6.07) is 8.95. The summed E-state index contributed by atoms with van der Waals surface area (Å²) in [5.41, 5.74) is 7.29. The Balaban J connectivity index is 2.12. The van der Waals surface area contributed by atoms with Crippen LogP contribution in [0, 0.1) is 0 Å². The standard InChI is InChI=1S/C17H28N2O2/c1-12(2)21-16-7-5-15(6-8-16)17(9-18)19-10-14(4)20-11-13(19)3/h5-8,12-14,17H,9-11,18H2,1-4H3. The second kappa shape index (κ2) is 7.25. The zero-order valence-electron chi connectivity index (χ0n) is 13.6. The monoisotopic (exact) mass is 292 g/mol. The van der Waals surface area contributed by atoms with Gasteiger partial charge in [0.15, 0.2) is 0 Å². The molecule has 3 atom stereocenters. The topological polar surface area (TPSA) is 47.7 Å². The average molecular weight is 292 g/mol. The van der Waals surface area contributed by atoms with Crippen molar-refractivity contribution in [3.05, 3.63) is 29.8 Å². The number of hydrogen-bond donors (Lipinski definition) is 1. The first-order valence-corrected chi connectivity index (χ1v) is 7.85. The number of nitrogens with two attached hydrogens (primary N) is 1. The summed E-state index contributed by atoms with van der Waals surface area (Å²) in [5.74, 6) is 0.910. The van der Waals surface area contributed by atoms with Crippen molar-refractivity contribution in [2.45, 2.75) is 52.0 Å². The van der Waals surface area contributed by atoms with Gasteiger partial charge in [-0.15, -0.1) is 0 Å². The lowest BCUT2D eigenvalue weighted by molar-refractivity contribution is -0.0653. The number of nitrogens with zero attached hydrogens (tertiary/aromatic N) is 1. The molecule has 1 aromatic rings. The van der Waals surface area contributed by atoms with Crippen molar-refractivity contribution in [1.82, 2.24) is 4.90 Å². The highest BCUT2D eigenvalue weighted by molar-refractivity contribution is 5.29. The summed E-state index contributed by atoms with van der Waals surface area (Å²) in [7, 11) is 0. The molecule has 2 N–H and O–H groups in total. The Morgan fingerprint density at radius 1 is 1.29 bits per heavy atom. The third-order valence-electron chi connectivity index (χ3n) is 3.92. The molecule has 1 heterocycles. The van der Waals surface area contributed by atoms with Gasteiger partial charge in [0.2, 0.25) is 0 Å². The van der Waals surface area contributed by atoms with E-state index >= 15 is 0 Å². The number of ether oxygens (including phenoxy) is 2. The van der Waals surface area contributed by atoms with Gasteiger partial charge in [0.25, 0.3) is 0 Å². The van der Waals surface area contributed by atoms with Gasteiger partial charge in [-0.25, -0.2) is 0 Å². The SMILES string of the molecule is CC(C)Oc1ccc(C(CN)N2CC(C)OCC2C)cc1. The first-order valence-electron chi connectivity index (χ1n) is 7.85. The van der Waals surface area contributed by atoms with Gasteiger partial charge in [0.05, 0.1) is 18.8 Å². The van der Waals surface area contributed by atoms with Gasteiger partial charge in [0.1, 0.15) is 5.75 Å². The van der Waals surface area contributed by atoms with Crippen LogP contribution < -0.4 is 10.5 Å². The van der Waals surface area contributed by atoms with Crippen molar-refractivity contribution in [2.24, 2.45) is 5.73 Å². The smallest absolute Gasteiger partial charge is 0.119 e. The van der Waals surface area contributed by atoms with E-state index in [4.69, 9.17) is 15.2 Å². The van der Waals surface area contributed by atoms with Crippen molar-refractivity contribution in [3.63, 3.8) is 0 Å². The van der Waals surface area contributed by atoms with Crippen LogP contribution in [-0.2, 0) is 4.74 Å². The van der Waals surface area contributed by atoms with Crippen LogP contribution in [0.4, 0.5) is 0 Å². The zero-order chi connectivity index (χ0) is 15.4. The molecule has 0 aliphatic carbocycles. The molecule has 1 saturated heterocycles. The molecule has 0 spiro atoms.